The van der Waals surface area contributed by atoms with Crippen LogP contribution in [0.4, 0.5) is 8.78 Å². The molecule has 19 heavy (non-hydrogen) atoms. The summed E-state index contributed by atoms with van der Waals surface area (Å²) in [5.74, 6) is -2.47. The number of ether oxygens (including phenoxy) is 2. The molecule has 7 heteroatoms. The predicted molar refractivity (Wildman–Crippen MR) is 65.5 cm³/mol. The Morgan fingerprint density at radius 1 is 1.16 bits per heavy atom. The van der Waals surface area contributed by atoms with Crippen molar-refractivity contribution >= 4 is 9.84 Å². The fourth-order valence-corrected chi connectivity index (χ4v) is 2.87. The molecule has 0 aliphatic rings. The number of rotatable bonds is 7. The molecule has 0 aromatic heterocycles. The molecule has 0 radical (unpaired) electrons. The fraction of sp³-hybridized carbons (Fsp3) is 0.500. The zero-order chi connectivity index (χ0) is 14.5. The monoisotopic (exact) mass is 294 g/mol. The van der Waals surface area contributed by atoms with Gasteiger partial charge >= 0.3 is 0 Å². The number of benzene rings is 1. The van der Waals surface area contributed by atoms with Crippen molar-refractivity contribution < 1.29 is 26.7 Å². The van der Waals surface area contributed by atoms with E-state index in [2.05, 4.69) is 0 Å². The predicted octanol–water partition coefficient (Wildman–Crippen LogP) is 2.14. The molecule has 0 heterocycles. The van der Waals surface area contributed by atoms with E-state index in [4.69, 9.17) is 9.47 Å². The maximum atomic E-state index is 13.5. The van der Waals surface area contributed by atoms with Gasteiger partial charge in [0.1, 0.15) is 22.3 Å². The van der Waals surface area contributed by atoms with Gasteiger partial charge in [0.05, 0.1) is 0 Å². The minimum absolute atomic E-state index is 0.270. The van der Waals surface area contributed by atoms with Gasteiger partial charge in [-0.25, -0.2) is 17.2 Å². The van der Waals surface area contributed by atoms with Crippen molar-refractivity contribution in [3.8, 4) is 0 Å². The van der Waals surface area contributed by atoms with Crippen LogP contribution in [0.5, 0.6) is 0 Å². The van der Waals surface area contributed by atoms with Crippen LogP contribution in [0.25, 0.3) is 0 Å². The highest BCUT2D eigenvalue weighted by atomic mass is 32.2. The van der Waals surface area contributed by atoms with Crippen LogP contribution in [-0.2, 0) is 19.3 Å². The molecule has 0 spiro atoms. The number of hydrogen-bond donors (Lipinski definition) is 0. The van der Waals surface area contributed by atoms with Crippen molar-refractivity contribution in [3.63, 3.8) is 0 Å². The molecule has 1 aromatic carbocycles. The first-order valence-corrected chi connectivity index (χ1v) is 7.47. The lowest BCUT2D eigenvalue weighted by atomic mass is 10.3. The van der Waals surface area contributed by atoms with E-state index in [9.17, 15) is 17.2 Å². The minimum atomic E-state index is -3.94. The lowest BCUT2D eigenvalue weighted by molar-refractivity contribution is -0.120. The second-order valence-electron chi connectivity index (χ2n) is 3.70. The minimum Gasteiger partial charge on any atom is -0.352 e. The second kappa shape index (κ2) is 6.93. The van der Waals surface area contributed by atoms with Crippen LogP contribution in [-0.4, -0.2) is 33.7 Å². The van der Waals surface area contributed by atoms with E-state index < -0.39 is 38.4 Å². The number of sulfone groups is 1. The van der Waals surface area contributed by atoms with Crippen molar-refractivity contribution in [2.24, 2.45) is 0 Å². The van der Waals surface area contributed by atoms with Gasteiger partial charge in [0.25, 0.3) is 0 Å². The average molecular weight is 294 g/mol. The summed E-state index contributed by atoms with van der Waals surface area (Å²) >= 11 is 0. The summed E-state index contributed by atoms with van der Waals surface area (Å²) in [6.45, 7) is 3.92. The van der Waals surface area contributed by atoms with E-state index >= 15 is 0 Å². The summed E-state index contributed by atoms with van der Waals surface area (Å²) in [5, 5.41) is 0. The molecule has 0 saturated heterocycles. The summed E-state index contributed by atoms with van der Waals surface area (Å²) in [7, 11) is -3.94. The van der Waals surface area contributed by atoms with Gasteiger partial charge in [0.15, 0.2) is 16.1 Å². The second-order valence-corrected chi connectivity index (χ2v) is 5.70. The Balaban J connectivity index is 2.96. The van der Waals surface area contributed by atoms with Crippen LogP contribution >= 0.6 is 0 Å². The lowest BCUT2D eigenvalue weighted by Crippen LogP contribution is -2.27. The zero-order valence-electron chi connectivity index (χ0n) is 10.7. The smallest absolute Gasteiger partial charge is 0.186 e. The normalized spacial score (nSPS) is 12.1. The van der Waals surface area contributed by atoms with Gasteiger partial charge in [0.2, 0.25) is 0 Å². The van der Waals surface area contributed by atoms with Crippen LogP contribution in [0, 0.1) is 11.6 Å². The highest BCUT2D eigenvalue weighted by molar-refractivity contribution is 7.91. The molecule has 0 unspecified atom stereocenters. The lowest BCUT2D eigenvalue weighted by Gasteiger charge is -2.17. The number of halogens is 2. The summed E-state index contributed by atoms with van der Waals surface area (Å²) in [6, 6.07) is 2.32. The van der Waals surface area contributed by atoms with Crippen molar-refractivity contribution in [2.45, 2.75) is 25.0 Å². The maximum absolute atomic E-state index is 13.5. The van der Waals surface area contributed by atoms with Crippen LogP contribution in [0.2, 0.25) is 0 Å². The topological polar surface area (TPSA) is 52.6 Å². The van der Waals surface area contributed by atoms with Crippen LogP contribution in [0.3, 0.4) is 0 Å². The SMILES string of the molecule is CCOC(CS(=O)(=O)c1ccc(F)cc1F)OCC. The van der Waals surface area contributed by atoms with Gasteiger partial charge in [-0.2, -0.15) is 0 Å². The van der Waals surface area contributed by atoms with Crippen LogP contribution < -0.4 is 0 Å². The van der Waals surface area contributed by atoms with Crippen molar-refractivity contribution in [1.29, 1.82) is 0 Å². The number of hydrogen-bond acceptors (Lipinski definition) is 4. The van der Waals surface area contributed by atoms with E-state index in [1.165, 1.54) is 0 Å². The molecular weight excluding hydrogens is 278 g/mol. The first-order chi connectivity index (χ1) is 8.90. The highest BCUT2D eigenvalue weighted by Gasteiger charge is 2.25. The molecular formula is C12H16F2O4S. The van der Waals surface area contributed by atoms with Crippen LogP contribution in [0.15, 0.2) is 23.1 Å². The molecule has 1 aromatic rings. The Hall–Kier alpha value is -1.05. The van der Waals surface area contributed by atoms with E-state index in [0.717, 1.165) is 12.1 Å². The molecule has 0 aliphatic carbocycles. The molecule has 0 saturated carbocycles. The third-order valence-corrected chi connectivity index (χ3v) is 4.00. The molecule has 0 atom stereocenters. The Morgan fingerprint density at radius 3 is 2.21 bits per heavy atom. The molecule has 0 bridgehead atoms. The Bertz CT molecular complexity index is 510. The Kier molecular flexibility index (Phi) is 5.84. The van der Waals surface area contributed by atoms with E-state index in [1.807, 2.05) is 0 Å². The molecule has 108 valence electrons. The third kappa shape index (κ3) is 4.52. The van der Waals surface area contributed by atoms with Gasteiger partial charge < -0.3 is 9.47 Å². The maximum Gasteiger partial charge on any atom is 0.186 e. The molecule has 0 N–H and O–H groups in total. The van der Waals surface area contributed by atoms with E-state index in [-0.39, 0.29) is 13.2 Å². The summed E-state index contributed by atoms with van der Waals surface area (Å²) < 4.78 is 60.4. The molecule has 0 amide bonds. The molecule has 0 aliphatic heterocycles. The summed E-state index contributed by atoms with van der Waals surface area (Å²) in [5.41, 5.74) is 0. The van der Waals surface area contributed by atoms with Crippen molar-refractivity contribution in [2.75, 3.05) is 19.0 Å². The standard InChI is InChI=1S/C12H16F2O4S/c1-3-17-12(18-4-2)8-19(15,16)11-6-5-9(13)7-10(11)14/h5-7,12H,3-4,8H2,1-2H3. The van der Waals surface area contributed by atoms with Gasteiger partial charge in [-0.05, 0) is 26.0 Å². The van der Waals surface area contributed by atoms with Gasteiger partial charge in [-0.1, -0.05) is 0 Å². The Labute approximate surface area is 111 Å². The van der Waals surface area contributed by atoms with Crippen molar-refractivity contribution in [3.05, 3.63) is 29.8 Å². The van der Waals surface area contributed by atoms with Gasteiger partial charge in [-0.3, -0.25) is 0 Å². The van der Waals surface area contributed by atoms with E-state index in [0.29, 0.717) is 6.07 Å². The highest BCUT2D eigenvalue weighted by Crippen LogP contribution is 2.18. The van der Waals surface area contributed by atoms with Crippen LogP contribution in [0.1, 0.15) is 13.8 Å². The van der Waals surface area contributed by atoms with Gasteiger partial charge in [0, 0.05) is 19.3 Å². The van der Waals surface area contributed by atoms with E-state index in [1.54, 1.807) is 13.8 Å². The quantitative estimate of drug-likeness (QED) is 0.571. The molecule has 1 rings (SSSR count). The Morgan fingerprint density at radius 2 is 1.74 bits per heavy atom. The fourth-order valence-electron chi connectivity index (χ4n) is 1.51. The van der Waals surface area contributed by atoms with Gasteiger partial charge in [-0.15, -0.1) is 0 Å². The summed E-state index contributed by atoms with van der Waals surface area (Å²) in [6.07, 6.45) is -0.968. The van der Waals surface area contributed by atoms with Crippen molar-refractivity contribution in [1.82, 2.24) is 0 Å². The third-order valence-electron chi connectivity index (χ3n) is 2.29. The molecule has 0 fully saturated rings. The zero-order valence-corrected chi connectivity index (χ0v) is 11.5. The average Bonchev–Trinajstić information content (AvgIpc) is 2.28. The summed E-state index contributed by atoms with van der Waals surface area (Å²) in [4.78, 5) is -0.557. The largest absolute Gasteiger partial charge is 0.352 e. The first kappa shape index (κ1) is 16.0. The first-order valence-electron chi connectivity index (χ1n) is 5.81. The molecule has 4 nitrogen and oxygen atoms in total.